The fourth-order valence-electron chi connectivity index (χ4n) is 2.61. The van der Waals surface area contributed by atoms with E-state index in [4.69, 9.17) is 0 Å². The molecule has 2 N–H and O–H groups in total. The second-order valence-corrected chi connectivity index (χ2v) is 6.56. The van der Waals surface area contributed by atoms with Crippen LogP contribution in [0.25, 0.3) is 0 Å². The smallest absolute Gasteiger partial charge is 0.314 e. The van der Waals surface area contributed by atoms with Crippen molar-refractivity contribution in [2.45, 2.75) is 49.6 Å². The Morgan fingerprint density at radius 2 is 2.20 bits per heavy atom. The summed E-state index contributed by atoms with van der Waals surface area (Å²) in [5.74, 6) is 0.524. The van der Waals surface area contributed by atoms with Crippen molar-refractivity contribution in [1.82, 2.24) is 20.1 Å². The number of hydrogen-bond donors (Lipinski definition) is 2. The summed E-state index contributed by atoms with van der Waals surface area (Å²) in [5.41, 5.74) is -1.38. The van der Waals surface area contributed by atoms with Crippen LogP contribution < -0.4 is 16.4 Å². The quantitative estimate of drug-likeness (QED) is 0.783. The van der Waals surface area contributed by atoms with E-state index in [0.717, 1.165) is 25.8 Å². The highest BCUT2D eigenvalue weighted by Gasteiger charge is 2.33. The van der Waals surface area contributed by atoms with Gasteiger partial charge >= 0.3 is 11.1 Å². The van der Waals surface area contributed by atoms with Crippen LogP contribution in [0.3, 0.4) is 0 Å². The molecular weight excluding hydrogens is 276 g/mol. The molecule has 0 radical (unpaired) electrons. The number of aromatic amines is 1. The van der Waals surface area contributed by atoms with Gasteiger partial charge in [0.25, 0.3) is 0 Å². The van der Waals surface area contributed by atoms with Gasteiger partial charge in [0.05, 0.1) is 0 Å². The van der Waals surface area contributed by atoms with Crippen molar-refractivity contribution < 1.29 is 0 Å². The monoisotopic (exact) mass is 298 g/mol. The van der Waals surface area contributed by atoms with E-state index in [2.05, 4.69) is 29.2 Å². The Hall–Kier alpha value is -1.08. The molecule has 6 nitrogen and oxygen atoms in total. The van der Waals surface area contributed by atoms with E-state index in [0.29, 0.717) is 22.4 Å². The highest BCUT2D eigenvalue weighted by molar-refractivity contribution is 7.99. The zero-order valence-electron chi connectivity index (χ0n) is 12.2. The molecule has 1 aromatic heterocycles. The Kier molecular flexibility index (Phi) is 5.04. The number of hydrogen-bond acceptors (Lipinski definition) is 5. The predicted octanol–water partition coefficient (Wildman–Crippen LogP) is 0.727. The molecule has 1 heterocycles. The van der Waals surface area contributed by atoms with Gasteiger partial charge in [-0.1, -0.05) is 25.6 Å². The van der Waals surface area contributed by atoms with Gasteiger partial charge < -0.3 is 5.32 Å². The molecule has 0 aliphatic heterocycles. The largest absolute Gasteiger partial charge is 0.339 e. The molecule has 0 aromatic carbocycles. The molecular formula is C13H22N4O2S. The number of H-pyrrole nitrogens is 1. The summed E-state index contributed by atoms with van der Waals surface area (Å²) in [4.78, 5) is 26.4. The Bertz CT molecular complexity index is 568. The van der Waals surface area contributed by atoms with Crippen LogP contribution in [0.5, 0.6) is 0 Å². The number of thioether (sulfide) groups is 1. The second-order valence-electron chi connectivity index (χ2n) is 5.35. The van der Waals surface area contributed by atoms with Crippen LogP contribution in [-0.2, 0) is 7.05 Å². The summed E-state index contributed by atoms with van der Waals surface area (Å²) in [6.07, 6.45) is 3.38. The standard InChI is InChI=1S/C13H22N4O2S/c1-4-7-14-9-5-6-10(8(9)2)20-13-15-11(18)12(19)16-17(13)3/h8-10,14H,4-7H2,1-3H3,(H,16,19). The second kappa shape index (κ2) is 6.58. The lowest BCUT2D eigenvalue weighted by molar-refractivity contribution is 0.431. The van der Waals surface area contributed by atoms with Crippen molar-refractivity contribution in [2.24, 2.45) is 13.0 Å². The fourth-order valence-corrected chi connectivity index (χ4v) is 3.88. The molecule has 1 aliphatic carbocycles. The number of aromatic nitrogens is 3. The zero-order chi connectivity index (χ0) is 14.7. The van der Waals surface area contributed by atoms with Crippen LogP contribution in [0.4, 0.5) is 0 Å². The minimum atomic E-state index is -0.711. The van der Waals surface area contributed by atoms with Crippen LogP contribution in [0.1, 0.15) is 33.1 Å². The van der Waals surface area contributed by atoms with E-state index in [1.165, 1.54) is 4.68 Å². The van der Waals surface area contributed by atoms with Crippen LogP contribution >= 0.6 is 11.8 Å². The molecule has 3 atom stereocenters. The molecule has 0 amide bonds. The number of aryl methyl sites for hydroxylation is 1. The van der Waals surface area contributed by atoms with Crippen molar-refractivity contribution in [2.75, 3.05) is 6.54 Å². The number of nitrogens with zero attached hydrogens (tertiary/aromatic N) is 2. The van der Waals surface area contributed by atoms with E-state index in [9.17, 15) is 9.59 Å². The molecule has 1 fully saturated rings. The van der Waals surface area contributed by atoms with Crippen molar-refractivity contribution in [3.05, 3.63) is 20.7 Å². The van der Waals surface area contributed by atoms with Gasteiger partial charge in [-0.15, -0.1) is 0 Å². The van der Waals surface area contributed by atoms with E-state index in [1.54, 1.807) is 18.8 Å². The maximum Gasteiger partial charge on any atom is 0.339 e. The Morgan fingerprint density at radius 3 is 2.90 bits per heavy atom. The summed E-state index contributed by atoms with van der Waals surface area (Å²) in [7, 11) is 1.71. The van der Waals surface area contributed by atoms with Gasteiger partial charge in [0.15, 0.2) is 5.16 Å². The number of nitrogens with one attached hydrogen (secondary N) is 2. The summed E-state index contributed by atoms with van der Waals surface area (Å²) < 4.78 is 1.54. The molecule has 1 saturated carbocycles. The minimum absolute atomic E-state index is 0.424. The first-order valence-corrected chi connectivity index (χ1v) is 7.98. The lowest BCUT2D eigenvalue weighted by Crippen LogP contribution is -2.35. The molecule has 7 heteroatoms. The average molecular weight is 298 g/mol. The summed E-state index contributed by atoms with van der Waals surface area (Å²) in [6.45, 7) is 5.45. The van der Waals surface area contributed by atoms with Crippen LogP contribution in [0, 0.1) is 5.92 Å². The first-order valence-electron chi connectivity index (χ1n) is 7.10. The summed E-state index contributed by atoms with van der Waals surface area (Å²) in [5, 5.41) is 7.07. The van der Waals surface area contributed by atoms with Crippen LogP contribution in [0.15, 0.2) is 14.7 Å². The van der Waals surface area contributed by atoms with E-state index in [-0.39, 0.29) is 0 Å². The van der Waals surface area contributed by atoms with Gasteiger partial charge in [-0.3, -0.25) is 19.4 Å². The molecule has 1 aliphatic rings. The number of rotatable bonds is 5. The maximum atomic E-state index is 11.4. The molecule has 0 bridgehead atoms. The maximum absolute atomic E-state index is 11.4. The third kappa shape index (κ3) is 3.32. The highest BCUT2D eigenvalue weighted by Crippen LogP contribution is 2.37. The fraction of sp³-hybridized carbons (Fsp3) is 0.769. The van der Waals surface area contributed by atoms with E-state index >= 15 is 0 Å². The molecule has 0 saturated heterocycles. The van der Waals surface area contributed by atoms with Gasteiger partial charge in [-0.2, -0.15) is 4.98 Å². The molecule has 0 spiro atoms. The van der Waals surface area contributed by atoms with Crippen molar-refractivity contribution in [3.8, 4) is 0 Å². The molecule has 20 heavy (non-hydrogen) atoms. The SMILES string of the molecule is CCCNC1CCC(Sc2nc(=O)c(=O)[nH]n2C)C1C. The summed E-state index contributed by atoms with van der Waals surface area (Å²) >= 11 is 1.59. The van der Waals surface area contributed by atoms with Gasteiger partial charge in [0.1, 0.15) is 0 Å². The van der Waals surface area contributed by atoms with E-state index in [1.807, 2.05) is 0 Å². The van der Waals surface area contributed by atoms with Crippen molar-refractivity contribution >= 4 is 11.8 Å². The first kappa shape index (κ1) is 15.3. The average Bonchev–Trinajstić information content (AvgIpc) is 2.75. The Morgan fingerprint density at radius 1 is 1.45 bits per heavy atom. The molecule has 3 unspecified atom stereocenters. The van der Waals surface area contributed by atoms with Gasteiger partial charge in [0.2, 0.25) is 0 Å². The van der Waals surface area contributed by atoms with Crippen LogP contribution in [0.2, 0.25) is 0 Å². The lowest BCUT2D eigenvalue weighted by atomic mass is 10.1. The Labute approximate surface area is 122 Å². The highest BCUT2D eigenvalue weighted by atomic mass is 32.2. The van der Waals surface area contributed by atoms with Gasteiger partial charge in [-0.05, 0) is 31.7 Å². The molecule has 112 valence electrons. The predicted molar refractivity (Wildman–Crippen MR) is 80.2 cm³/mol. The minimum Gasteiger partial charge on any atom is -0.314 e. The van der Waals surface area contributed by atoms with Gasteiger partial charge in [-0.25, -0.2) is 0 Å². The molecule has 1 aromatic rings. The third-order valence-corrected chi connectivity index (χ3v) is 5.39. The topological polar surface area (TPSA) is 79.8 Å². The van der Waals surface area contributed by atoms with E-state index < -0.39 is 11.1 Å². The normalized spacial score (nSPS) is 26.1. The van der Waals surface area contributed by atoms with Crippen molar-refractivity contribution in [3.63, 3.8) is 0 Å². The third-order valence-electron chi connectivity index (χ3n) is 3.84. The molecule has 2 rings (SSSR count). The first-order chi connectivity index (χ1) is 9.52. The Balaban J connectivity index is 2.06. The lowest BCUT2D eigenvalue weighted by Gasteiger charge is -2.21. The van der Waals surface area contributed by atoms with Crippen LogP contribution in [-0.4, -0.2) is 32.6 Å². The van der Waals surface area contributed by atoms with Gasteiger partial charge in [0, 0.05) is 18.3 Å². The van der Waals surface area contributed by atoms with Crippen molar-refractivity contribution in [1.29, 1.82) is 0 Å². The summed E-state index contributed by atoms with van der Waals surface area (Å²) in [6, 6.07) is 0.534. The zero-order valence-corrected chi connectivity index (χ0v) is 13.0.